The molecule has 2 aliphatic heterocycles. The number of hydrogen-bond acceptors (Lipinski definition) is 10. The van der Waals surface area contributed by atoms with Crippen LogP contribution in [0.15, 0.2) is 41.3 Å². The number of para-hydroxylation sites is 1. The second-order valence-corrected chi connectivity index (χ2v) is 15.6. The molecule has 12 nitrogen and oxygen atoms in total. The number of hydrogen-bond donors (Lipinski definition) is 4. The Kier molecular flexibility index (Phi) is 9.12. The van der Waals surface area contributed by atoms with Gasteiger partial charge in [0.15, 0.2) is 15.5 Å². The molecule has 47 heavy (non-hydrogen) atoms. The minimum Gasteiger partial charge on any atom is -0.489 e. The fourth-order valence-corrected chi connectivity index (χ4v) is 7.46. The molecule has 0 unspecified atom stereocenters. The average molecular weight is 661 g/mol. The van der Waals surface area contributed by atoms with Gasteiger partial charge in [-0.1, -0.05) is 12.1 Å². The molecule has 2 aliphatic rings. The van der Waals surface area contributed by atoms with Crippen molar-refractivity contribution in [3.63, 3.8) is 0 Å². The van der Waals surface area contributed by atoms with Gasteiger partial charge >= 0.3 is 0 Å². The van der Waals surface area contributed by atoms with Gasteiger partial charge in [-0.15, -0.1) is 0 Å². The van der Waals surface area contributed by atoms with Crippen LogP contribution in [0.4, 0.5) is 23.1 Å². The van der Waals surface area contributed by atoms with Gasteiger partial charge < -0.3 is 25.6 Å². The Morgan fingerprint density at radius 1 is 1.00 bits per heavy atom. The summed E-state index contributed by atoms with van der Waals surface area (Å²) in [6.07, 6.45) is 1.74. The van der Waals surface area contributed by atoms with Crippen LogP contribution in [0.25, 0.3) is 11.0 Å². The SMILES string of the molecule is Cc1cc(Nc2nc(Nc3ccccc3S(=O)(=O)C(C)C)c3c(C)[nH]nc3n2)c(OC(C)C)cc1C1CCN(C(=O)C2CNC2)CC1. The third-order valence-electron chi connectivity index (χ3n) is 9.02. The molecule has 4 aromatic rings. The zero-order chi connectivity index (χ0) is 33.5. The van der Waals surface area contributed by atoms with Crippen molar-refractivity contribution in [2.75, 3.05) is 36.8 Å². The summed E-state index contributed by atoms with van der Waals surface area (Å²) in [6, 6.07) is 11.0. The largest absolute Gasteiger partial charge is 0.489 e. The molecule has 2 saturated heterocycles. The van der Waals surface area contributed by atoms with Crippen molar-refractivity contribution >= 4 is 49.9 Å². The average Bonchev–Trinajstić information content (AvgIpc) is 3.38. The number of likely N-dealkylation sites (tertiary alicyclic amines) is 1. The molecule has 0 radical (unpaired) electrons. The number of aryl methyl sites for hydroxylation is 2. The van der Waals surface area contributed by atoms with Gasteiger partial charge in [-0.25, -0.2) is 8.42 Å². The van der Waals surface area contributed by atoms with Gasteiger partial charge in [0.2, 0.25) is 11.9 Å². The number of ether oxygens (including phenoxy) is 1. The first-order valence-electron chi connectivity index (χ1n) is 16.3. The first kappa shape index (κ1) is 32.7. The molecule has 4 N–H and O–H groups in total. The first-order valence-corrected chi connectivity index (χ1v) is 17.9. The molecule has 2 aromatic heterocycles. The van der Waals surface area contributed by atoms with Crippen LogP contribution in [0, 0.1) is 19.8 Å². The number of benzene rings is 2. The van der Waals surface area contributed by atoms with E-state index < -0.39 is 15.1 Å². The zero-order valence-electron chi connectivity index (χ0n) is 27.8. The number of sulfone groups is 1. The summed E-state index contributed by atoms with van der Waals surface area (Å²) < 4.78 is 32.7. The number of nitrogens with zero attached hydrogens (tertiary/aromatic N) is 4. The fourth-order valence-electron chi connectivity index (χ4n) is 6.26. The standard InChI is InChI=1S/C34H44N8O4S/c1-19(2)46-28-16-25(23-11-13-42(14-12-23)33(43)24-17-35-18-24)21(5)15-27(28)37-34-38-31(30-22(6)40-41-32(30)39-34)36-26-9-7-8-10-29(26)47(44,45)20(3)4/h7-10,15-16,19-20,23-24,35H,11-14,17-18H2,1-6H3,(H3,36,37,38,39,40,41). The lowest BCUT2D eigenvalue weighted by Gasteiger charge is -2.37. The van der Waals surface area contributed by atoms with Crippen LogP contribution in [-0.4, -0.2) is 76.9 Å². The van der Waals surface area contributed by atoms with E-state index in [4.69, 9.17) is 9.72 Å². The van der Waals surface area contributed by atoms with Gasteiger partial charge in [-0.2, -0.15) is 15.1 Å². The second-order valence-electron chi connectivity index (χ2n) is 13.1. The molecule has 13 heteroatoms. The number of amides is 1. The summed E-state index contributed by atoms with van der Waals surface area (Å²) in [5.74, 6) is 2.10. The van der Waals surface area contributed by atoms with Crippen LogP contribution >= 0.6 is 0 Å². The van der Waals surface area contributed by atoms with E-state index in [0.29, 0.717) is 39.9 Å². The molecule has 0 atom stereocenters. The topological polar surface area (TPSA) is 154 Å². The third kappa shape index (κ3) is 6.64. The summed E-state index contributed by atoms with van der Waals surface area (Å²) in [6.45, 7) is 14.4. The molecule has 6 rings (SSSR count). The van der Waals surface area contributed by atoms with Crippen LogP contribution in [-0.2, 0) is 14.6 Å². The van der Waals surface area contributed by atoms with Crippen molar-refractivity contribution in [2.45, 2.75) is 76.6 Å². The Morgan fingerprint density at radius 3 is 2.38 bits per heavy atom. The molecule has 0 spiro atoms. The van der Waals surface area contributed by atoms with E-state index in [9.17, 15) is 13.2 Å². The van der Waals surface area contributed by atoms with Crippen LogP contribution in [0.3, 0.4) is 0 Å². The minimum atomic E-state index is -3.57. The van der Waals surface area contributed by atoms with Gasteiger partial charge in [-0.3, -0.25) is 9.89 Å². The van der Waals surface area contributed by atoms with Gasteiger partial charge in [0, 0.05) is 31.9 Å². The number of nitrogens with one attached hydrogen (secondary N) is 4. The Morgan fingerprint density at radius 2 is 1.72 bits per heavy atom. The van der Waals surface area contributed by atoms with E-state index in [1.807, 2.05) is 25.7 Å². The number of piperidine rings is 1. The number of anilines is 4. The number of rotatable bonds is 10. The van der Waals surface area contributed by atoms with E-state index in [1.54, 1.807) is 38.1 Å². The van der Waals surface area contributed by atoms with Gasteiger partial charge in [0.05, 0.1) is 38.9 Å². The number of carbonyl (C=O) groups is 1. The van der Waals surface area contributed by atoms with Crippen LogP contribution in [0.2, 0.25) is 0 Å². The van der Waals surface area contributed by atoms with E-state index in [1.165, 1.54) is 5.56 Å². The normalized spacial score (nSPS) is 16.1. The highest BCUT2D eigenvalue weighted by atomic mass is 32.2. The zero-order valence-corrected chi connectivity index (χ0v) is 28.7. The van der Waals surface area contributed by atoms with E-state index in [2.05, 4.69) is 50.2 Å². The number of aromatic nitrogens is 4. The lowest BCUT2D eigenvalue weighted by molar-refractivity contribution is -0.138. The molecular formula is C34H44N8O4S. The molecule has 0 bridgehead atoms. The third-order valence-corrected chi connectivity index (χ3v) is 11.2. The maximum absolute atomic E-state index is 13.2. The summed E-state index contributed by atoms with van der Waals surface area (Å²) in [7, 11) is -3.57. The van der Waals surface area contributed by atoms with E-state index in [-0.39, 0.29) is 28.8 Å². The Bertz CT molecular complexity index is 1890. The lowest BCUT2D eigenvalue weighted by atomic mass is 9.85. The minimum absolute atomic E-state index is 0.0734. The fraction of sp³-hybridized carbons (Fsp3) is 0.471. The highest BCUT2D eigenvalue weighted by molar-refractivity contribution is 7.92. The number of aromatic amines is 1. The number of H-pyrrole nitrogens is 1. The number of carbonyl (C=O) groups excluding carboxylic acids is 1. The van der Waals surface area contributed by atoms with Crippen molar-refractivity contribution in [2.24, 2.45) is 5.92 Å². The summed E-state index contributed by atoms with van der Waals surface area (Å²) >= 11 is 0. The summed E-state index contributed by atoms with van der Waals surface area (Å²) in [5.41, 5.74) is 4.65. The monoisotopic (exact) mass is 660 g/mol. The van der Waals surface area contributed by atoms with Crippen LogP contribution in [0.1, 0.15) is 63.3 Å². The Balaban J connectivity index is 1.31. The number of fused-ring (bicyclic) bond motifs is 1. The molecule has 1 amide bonds. The molecule has 2 aromatic carbocycles. The molecule has 2 fully saturated rings. The van der Waals surface area contributed by atoms with Crippen molar-refractivity contribution in [3.8, 4) is 5.75 Å². The van der Waals surface area contributed by atoms with Gasteiger partial charge in [-0.05, 0) is 95.7 Å². The molecule has 4 heterocycles. The van der Waals surface area contributed by atoms with Crippen molar-refractivity contribution in [1.82, 2.24) is 30.4 Å². The van der Waals surface area contributed by atoms with Gasteiger partial charge in [0.25, 0.3) is 0 Å². The van der Waals surface area contributed by atoms with Crippen LogP contribution < -0.4 is 20.7 Å². The highest BCUT2D eigenvalue weighted by Crippen LogP contribution is 2.39. The van der Waals surface area contributed by atoms with Crippen molar-refractivity contribution in [3.05, 3.63) is 53.2 Å². The molecular weight excluding hydrogens is 616 g/mol. The van der Waals surface area contributed by atoms with E-state index >= 15 is 0 Å². The molecule has 0 aliphatic carbocycles. The van der Waals surface area contributed by atoms with Crippen LogP contribution in [0.5, 0.6) is 5.75 Å². The predicted octanol–water partition coefficient (Wildman–Crippen LogP) is 5.35. The second kappa shape index (κ2) is 13.1. The summed E-state index contributed by atoms with van der Waals surface area (Å²) in [5, 5.41) is 17.3. The molecule has 0 saturated carbocycles. The Hall–Kier alpha value is -4.23. The highest BCUT2D eigenvalue weighted by Gasteiger charge is 2.32. The Labute approximate surface area is 276 Å². The lowest BCUT2D eigenvalue weighted by Crippen LogP contribution is -2.53. The summed E-state index contributed by atoms with van der Waals surface area (Å²) in [4.78, 5) is 24.5. The molecule has 250 valence electrons. The van der Waals surface area contributed by atoms with Gasteiger partial charge in [0.1, 0.15) is 11.6 Å². The van der Waals surface area contributed by atoms with Crippen molar-refractivity contribution in [1.29, 1.82) is 0 Å². The maximum Gasteiger partial charge on any atom is 0.231 e. The maximum atomic E-state index is 13.2. The smallest absolute Gasteiger partial charge is 0.231 e. The van der Waals surface area contributed by atoms with E-state index in [0.717, 1.165) is 50.3 Å². The first-order chi connectivity index (χ1) is 22.4. The quantitative estimate of drug-likeness (QED) is 0.175. The predicted molar refractivity (Wildman–Crippen MR) is 184 cm³/mol. The van der Waals surface area contributed by atoms with Crippen molar-refractivity contribution < 1.29 is 17.9 Å².